The molecule has 0 aliphatic heterocycles. The molecule has 5 nitrogen and oxygen atoms in total. The van der Waals surface area contributed by atoms with Gasteiger partial charge in [-0.05, 0) is 36.2 Å². The lowest BCUT2D eigenvalue weighted by Crippen LogP contribution is -2.08. The summed E-state index contributed by atoms with van der Waals surface area (Å²) >= 11 is 0. The molecule has 0 atom stereocenters. The first-order valence-corrected chi connectivity index (χ1v) is 7.69. The zero-order valence-electron chi connectivity index (χ0n) is 13.4. The Morgan fingerprint density at radius 1 is 1.20 bits per heavy atom. The minimum atomic E-state index is -0.699. The average molecular weight is 342 g/mol. The van der Waals surface area contributed by atoms with Crippen LogP contribution in [0.1, 0.15) is 28.4 Å². The van der Waals surface area contributed by atoms with E-state index in [2.05, 4.69) is 0 Å². The molecule has 3 aromatic rings. The number of rotatable bonds is 4. The summed E-state index contributed by atoms with van der Waals surface area (Å²) in [4.78, 5) is 23.7. The van der Waals surface area contributed by atoms with E-state index < -0.39 is 17.4 Å². The van der Waals surface area contributed by atoms with Crippen molar-refractivity contribution in [3.05, 3.63) is 75.4 Å². The highest BCUT2D eigenvalue weighted by Gasteiger charge is 2.13. The molecule has 0 aliphatic carbocycles. The molecule has 6 heteroatoms. The maximum absolute atomic E-state index is 13.2. The van der Waals surface area contributed by atoms with Gasteiger partial charge in [0.2, 0.25) is 0 Å². The van der Waals surface area contributed by atoms with Crippen molar-refractivity contribution in [3.8, 4) is 5.75 Å². The van der Waals surface area contributed by atoms with Gasteiger partial charge in [0.1, 0.15) is 23.8 Å². The highest BCUT2D eigenvalue weighted by atomic mass is 19.1. The van der Waals surface area contributed by atoms with E-state index in [1.807, 2.05) is 6.92 Å². The van der Waals surface area contributed by atoms with Crippen LogP contribution in [0.25, 0.3) is 11.0 Å². The summed E-state index contributed by atoms with van der Waals surface area (Å²) in [5.41, 5.74) is 0.802. The molecule has 1 N–H and O–H groups in total. The van der Waals surface area contributed by atoms with E-state index in [9.17, 15) is 19.1 Å². The van der Waals surface area contributed by atoms with E-state index in [1.54, 1.807) is 6.07 Å². The van der Waals surface area contributed by atoms with Gasteiger partial charge in [0.05, 0.1) is 5.56 Å². The maximum atomic E-state index is 13.2. The highest BCUT2D eigenvalue weighted by molar-refractivity contribution is 5.89. The van der Waals surface area contributed by atoms with E-state index in [-0.39, 0.29) is 23.5 Å². The van der Waals surface area contributed by atoms with Crippen LogP contribution in [0.3, 0.4) is 0 Å². The third kappa shape index (κ3) is 3.52. The van der Waals surface area contributed by atoms with E-state index >= 15 is 0 Å². The third-order valence-electron chi connectivity index (χ3n) is 3.83. The lowest BCUT2D eigenvalue weighted by molar-refractivity contribution is 0.0473. The molecule has 0 aliphatic rings. The Hall–Kier alpha value is -3.15. The number of aromatic hydroxyl groups is 1. The fourth-order valence-corrected chi connectivity index (χ4v) is 2.55. The summed E-state index contributed by atoms with van der Waals surface area (Å²) in [6.07, 6.45) is 0.587. The standard InChI is InChI=1S/C19H15FO5/c1-2-11-7-15-13(8-18(22)25-17(15)9-16(11)21)10-24-19(23)12-4-3-5-14(20)6-12/h3-9,21H,2,10H2,1H3. The van der Waals surface area contributed by atoms with E-state index in [0.717, 1.165) is 6.07 Å². The Labute approximate surface area is 142 Å². The summed E-state index contributed by atoms with van der Waals surface area (Å²) in [5, 5.41) is 10.5. The zero-order valence-corrected chi connectivity index (χ0v) is 13.4. The molecule has 0 amide bonds. The average Bonchev–Trinajstić information content (AvgIpc) is 2.58. The van der Waals surface area contributed by atoms with Crippen molar-refractivity contribution in [2.75, 3.05) is 0 Å². The number of carbonyl (C=O) groups excluding carboxylic acids is 1. The number of phenolic OH excluding ortho intramolecular Hbond substituents is 1. The number of esters is 1. The highest BCUT2D eigenvalue weighted by Crippen LogP contribution is 2.27. The molecule has 0 unspecified atom stereocenters. The molecule has 1 aromatic heterocycles. The quantitative estimate of drug-likeness (QED) is 0.579. The Morgan fingerprint density at radius 2 is 2.00 bits per heavy atom. The first-order valence-electron chi connectivity index (χ1n) is 7.69. The van der Waals surface area contributed by atoms with Gasteiger partial charge in [0.25, 0.3) is 0 Å². The number of hydrogen-bond acceptors (Lipinski definition) is 5. The van der Waals surface area contributed by atoms with Crippen LogP contribution < -0.4 is 5.63 Å². The van der Waals surface area contributed by atoms with Crippen LogP contribution >= 0.6 is 0 Å². The molecule has 0 fully saturated rings. The molecule has 0 saturated carbocycles. The monoisotopic (exact) mass is 342 g/mol. The lowest BCUT2D eigenvalue weighted by atomic mass is 10.0. The van der Waals surface area contributed by atoms with Crippen molar-refractivity contribution in [1.29, 1.82) is 0 Å². The molecule has 2 aromatic carbocycles. The van der Waals surface area contributed by atoms with Gasteiger partial charge in [-0.25, -0.2) is 14.0 Å². The van der Waals surface area contributed by atoms with Gasteiger partial charge in [-0.2, -0.15) is 0 Å². The van der Waals surface area contributed by atoms with E-state index in [1.165, 1.54) is 30.3 Å². The van der Waals surface area contributed by atoms with Crippen molar-refractivity contribution < 1.29 is 23.4 Å². The normalized spacial score (nSPS) is 10.8. The largest absolute Gasteiger partial charge is 0.508 e. The molecular weight excluding hydrogens is 327 g/mol. The second-order valence-electron chi connectivity index (χ2n) is 5.51. The van der Waals surface area contributed by atoms with Crippen molar-refractivity contribution >= 4 is 16.9 Å². The molecular formula is C19H15FO5. The zero-order chi connectivity index (χ0) is 18.0. The van der Waals surface area contributed by atoms with Crippen molar-refractivity contribution in [2.45, 2.75) is 20.0 Å². The van der Waals surface area contributed by atoms with Gasteiger partial charge in [-0.3, -0.25) is 0 Å². The van der Waals surface area contributed by atoms with Crippen molar-refractivity contribution in [2.24, 2.45) is 0 Å². The van der Waals surface area contributed by atoms with Crippen LogP contribution in [0, 0.1) is 5.82 Å². The van der Waals surface area contributed by atoms with Crippen LogP contribution in [-0.4, -0.2) is 11.1 Å². The topological polar surface area (TPSA) is 76.7 Å². The van der Waals surface area contributed by atoms with Crippen LogP contribution in [0.2, 0.25) is 0 Å². The number of carbonyl (C=O) groups is 1. The van der Waals surface area contributed by atoms with Gasteiger partial charge in [-0.1, -0.05) is 13.0 Å². The maximum Gasteiger partial charge on any atom is 0.338 e. The summed E-state index contributed by atoms with van der Waals surface area (Å²) in [7, 11) is 0. The minimum absolute atomic E-state index is 0.0343. The van der Waals surface area contributed by atoms with Crippen LogP contribution in [0.15, 0.2) is 51.7 Å². The van der Waals surface area contributed by atoms with E-state index in [0.29, 0.717) is 22.9 Å². The van der Waals surface area contributed by atoms with Crippen LogP contribution in [-0.2, 0) is 17.8 Å². The summed E-state index contributed by atoms with van der Waals surface area (Å²) in [5.74, 6) is -1.20. The molecule has 0 bridgehead atoms. The number of phenols is 1. The fraction of sp³-hybridized carbons (Fsp3) is 0.158. The summed E-state index contributed by atoms with van der Waals surface area (Å²) in [6, 6.07) is 9.45. The minimum Gasteiger partial charge on any atom is -0.508 e. The molecule has 0 spiro atoms. The van der Waals surface area contributed by atoms with Gasteiger partial charge in [0, 0.05) is 23.1 Å². The number of halogens is 1. The van der Waals surface area contributed by atoms with Crippen LogP contribution in [0.5, 0.6) is 5.75 Å². The Kier molecular flexibility index (Phi) is 4.52. The van der Waals surface area contributed by atoms with Gasteiger partial charge in [-0.15, -0.1) is 0 Å². The summed E-state index contributed by atoms with van der Waals surface area (Å²) < 4.78 is 23.5. The van der Waals surface area contributed by atoms with E-state index in [4.69, 9.17) is 9.15 Å². The first-order chi connectivity index (χ1) is 12.0. The predicted molar refractivity (Wildman–Crippen MR) is 89.0 cm³/mol. The number of hydrogen-bond donors (Lipinski definition) is 1. The van der Waals surface area contributed by atoms with Gasteiger partial charge < -0.3 is 14.3 Å². The SMILES string of the molecule is CCc1cc2c(COC(=O)c3cccc(F)c3)cc(=O)oc2cc1O. The number of fused-ring (bicyclic) bond motifs is 1. The molecule has 25 heavy (non-hydrogen) atoms. The second kappa shape index (κ2) is 6.76. The Balaban J connectivity index is 1.93. The molecule has 0 saturated heterocycles. The molecule has 1 heterocycles. The predicted octanol–water partition coefficient (Wildman–Crippen LogP) is 3.56. The second-order valence-corrected chi connectivity index (χ2v) is 5.51. The van der Waals surface area contributed by atoms with Gasteiger partial charge >= 0.3 is 11.6 Å². The smallest absolute Gasteiger partial charge is 0.338 e. The third-order valence-corrected chi connectivity index (χ3v) is 3.83. The molecule has 128 valence electrons. The van der Waals surface area contributed by atoms with Crippen LogP contribution in [0.4, 0.5) is 4.39 Å². The number of ether oxygens (including phenoxy) is 1. The molecule has 3 rings (SSSR count). The van der Waals surface area contributed by atoms with Crippen molar-refractivity contribution in [1.82, 2.24) is 0 Å². The fourth-order valence-electron chi connectivity index (χ4n) is 2.55. The number of aryl methyl sites for hydroxylation is 1. The molecule has 0 radical (unpaired) electrons. The first kappa shape index (κ1) is 16.7. The lowest BCUT2D eigenvalue weighted by Gasteiger charge is -2.09. The van der Waals surface area contributed by atoms with Gasteiger partial charge in [0.15, 0.2) is 0 Å². The Bertz CT molecular complexity index is 1010. The number of benzene rings is 2. The van der Waals surface area contributed by atoms with Crippen molar-refractivity contribution in [3.63, 3.8) is 0 Å². The summed E-state index contributed by atoms with van der Waals surface area (Å²) in [6.45, 7) is 1.70. The Morgan fingerprint density at radius 3 is 2.72 bits per heavy atom.